The van der Waals surface area contributed by atoms with E-state index in [-0.39, 0.29) is 24.6 Å². The molecule has 3 fully saturated rings. The molecular formula is C35H36F6N4O2. The highest BCUT2D eigenvalue weighted by Crippen LogP contribution is 2.37. The van der Waals surface area contributed by atoms with Gasteiger partial charge in [0.05, 0.1) is 11.1 Å². The number of amides is 2. The molecule has 3 aromatic rings. The van der Waals surface area contributed by atoms with Crippen molar-refractivity contribution >= 4 is 11.8 Å². The van der Waals surface area contributed by atoms with E-state index in [4.69, 9.17) is 0 Å². The van der Waals surface area contributed by atoms with E-state index in [2.05, 4.69) is 9.80 Å². The first kappa shape index (κ1) is 33.0. The van der Waals surface area contributed by atoms with Crippen LogP contribution in [0.25, 0.3) is 0 Å². The summed E-state index contributed by atoms with van der Waals surface area (Å²) in [5.74, 6) is -0.795. The lowest BCUT2D eigenvalue weighted by molar-refractivity contribution is -0.143. The predicted molar refractivity (Wildman–Crippen MR) is 164 cm³/mol. The molecule has 6 rings (SSSR count). The zero-order chi connectivity index (χ0) is 33.3. The van der Waals surface area contributed by atoms with Gasteiger partial charge in [-0.15, -0.1) is 0 Å². The standard InChI is InChI=1S/C35H36F6N4O2/c36-34(37,38)27-18-26(19-28(20-27)35(39,40)41)33(47)45-12-11-29(21-30(45)17-24-7-3-1-4-8-24)42-13-15-43(16-14-42)31-22-44(23-31)32(46)25-9-5-2-6-10-25/h1-10,18-20,29-31H,11-17,21-23H2/t29-,30+/m0/s1. The van der Waals surface area contributed by atoms with Gasteiger partial charge in [-0.3, -0.25) is 19.4 Å². The fraction of sp³-hybridized carbons (Fsp3) is 0.429. The highest BCUT2D eigenvalue weighted by Gasteiger charge is 2.41. The van der Waals surface area contributed by atoms with Crippen LogP contribution in [-0.4, -0.2) is 95.4 Å². The Morgan fingerprint density at radius 3 is 1.72 bits per heavy atom. The van der Waals surface area contributed by atoms with Gasteiger partial charge >= 0.3 is 12.4 Å². The van der Waals surface area contributed by atoms with Gasteiger partial charge in [-0.25, -0.2) is 0 Å². The number of halogens is 6. The maximum Gasteiger partial charge on any atom is 0.416 e. The first-order valence-electron chi connectivity index (χ1n) is 15.8. The Morgan fingerprint density at radius 1 is 0.638 bits per heavy atom. The van der Waals surface area contributed by atoms with Crippen molar-refractivity contribution in [1.29, 1.82) is 0 Å². The Morgan fingerprint density at radius 2 is 1.17 bits per heavy atom. The van der Waals surface area contributed by atoms with Gasteiger partial charge < -0.3 is 9.80 Å². The first-order valence-corrected chi connectivity index (χ1v) is 15.8. The number of likely N-dealkylation sites (tertiary alicyclic amines) is 2. The molecule has 3 saturated heterocycles. The summed E-state index contributed by atoms with van der Waals surface area (Å²) in [6.07, 6.45) is -8.53. The van der Waals surface area contributed by atoms with Gasteiger partial charge in [0.25, 0.3) is 11.8 Å². The lowest BCUT2D eigenvalue weighted by Crippen LogP contribution is -2.65. The molecule has 2 amide bonds. The molecule has 47 heavy (non-hydrogen) atoms. The highest BCUT2D eigenvalue weighted by atomic mass is 19.4. The summed E-state index contributed by atoms with van der Waals surface area (Å²) in [7, 11) is 0. The number of carbonyl (C=O) groups excluding carboxylic acids is 2. The molecule has 3 heterocycles. The maximum absolute atomic E-state index is 13.7. The fourth-order valence-electron chi connectivity index (χ4n) is 7.04. The van der Waals surface area contributed by atoms with E-state index < -0.39 is 41.0 Å². The van der Waals surface area contributed by atoms with Crippen molar-refractivity contribution in [3.8, 4) is 0 Å². The van der Waals surface area contributed by atoms with E-state index in [1.54, 1.807) is 0 Å². The van der Waals surface area contributed by atoms with Crippen molar-refractivity contribution in [3.05, 3.63) is 107 Å². The third-order valence-corrected chi connectivity index (χ3v) is 9.65. The van der Waals surface area contributed by atoms with Crippen LogP contribution in [0.15, 0.2) is 78.9 Å². The quantitative estimate of drug-likeness (QED) is 0.302. The summed E-state index contributed by atoms with van der Waals surface area (Å²) in [5.41, 5.74) is -2.00. The van der Waals surface area contributed by atoms with Crippen molar-refractivity contribution in [2.45, 2.75) is 49.7 Å². The van der Waals surface area contributed by atoms with Gasteiger partial charge in [-0.1, -0.05) is 48.5 Å². The van der Waals surface area contributed by atoms with Gasteiger partial charge in [-0.05, 0) is 55.2 Å². The summed E-state index contributed by atoms with van der Waals surface area (Å²) < 4.78 is 81.4. The van der Waals surface area contributed by atoms with E-state index in [1.165, 1.54) is 4.90 Å². The molecule has 3 aliphatic rings. The topological polar surface area (TPSA) is 47.1 Å². The molecule has 0 aliphatic carbocycles. The molecular weight excluding hydrogens is 622 g/mol. The second-order valence-corrected chi connectivity index (χ2v) is 12.6. The molecule has 0 radical (unpaired) electrons. The van der Waals surface area contributed by atoms with E-state index in [9.17, 15) is 35.9 Å². The molecule has 6 nitrogen and oxygen atoms in total. The smallest absolute Gasteiger partial charge is 0.335 e. The van der Waals surface area contributed by atoms with Gasteiger partial charge in [0.1, 0.15) is 0 Å². The summed E-state index contributed by atoms with van der Waals surface area (Å²) in [5, 5.41) is 0. The Hall–Kier alpha value is -3.90. The van der Waals surface area contributed by atoms with E-state index in [0.717, 1.165) is 31.7 Å². The minimum absolute atomic E-state index is 0.0333. The number of piperazine rings is 1. The number of alkyl halides is 6. The molecule has 0 saturated carbocycles. The zero-order valence-corrected chi connectivity index (χ0v) is 25.7. The van der Waals surface area contributed by atoms with Gasteiger partial charge in [0, 0.05) is 75.1 Å². The number of nitrogens with zero attached hydrogens (tertiary/aromatic N) is 4. The molecule has 2 atom stereocenters. The van der Waals surface area contributed by atoms with Crippen LogP contribution in [-0.2, 0) is 18.8 Å². The molecule has 0 unspecified atom stereocenters. The Balaban J connectivity index is 1.12. The van der Waals surface area contributed by atoms with Crippen molar-refractivity contribution in [3.63, 3.8) is 0 Å². The van der Waals surface area contributed by atoms with Gasteiger partial charge in [-0.2, -0.15) is 26.3 Å². The second-order valence-electron chi connectivity index (χ2n) is 12.6. The number of hydrogen-bond acceptors (Lipinski definition) is 4. The normalized spacial score (nSPS) is 21.8. The van der Waals surface area contributed by atoms with Crippen LogP contribution in [0.1, 0.15) is 50.2 Å². The van der Waals surface area contributed by atoms with Crippen LogP contribution >= 0.6 is 0 Å². The largest absolute Gasteiger partial charge is 0.416 e. The Kier molecular flexibility index (Phi) is 9.35. The predicted octanol–water partition coefficient (Wildman–Crippen LogP) is 6.08. The number of carbonyl (C=O) groups is 2. The van der Waals surface area contributed by atoms with Crippen LogP contribution in [0.5, 0.6) is 0 Å². The number of benzene rings is 3. The average Bonchev–Trinajstić information content (AvgIpc) is 3.04. The minimum Gasteiger partial charge on any atom is -0.335 e. The first-order chi connectivity index (χ1) is 22.4. The van der Waals surface area contributed by atoms with Crippen LogP contribution in [0, 0.1) is 0 Å². The maximum atomic E-state index is 13.7. The number of piperidine rings is 1. The molecule has 250 valence electrons. The summed E-state index contributed by atoms with van der Waals surface area (Å²) in [6, 6.07) is 19.7. The third kappa shape index (κ3) is 7.49. The van der Waals surface area contributed by atoms with E-state index in [1.807, 2.05) is 65.6 Å². The SMILES string of the molecule is O=C(c1ccccc1)N1CC(N2CCN([C@H]3CCN(C(=O)c4cc(C(F)(F)F)cc(C(F)(F)F)c4)[C@H](Cc4ccccc4)C3)CC2)C1. The number of rotatable bonds is 6. The third-order valence-electron chi connectivity index (χ3n) is 9.65. The zero-order valence-electron chi connectivity index (χ0n) is 25.7. The molecule has 0 aromatic heterocycles. The Bertz CT molecular complexity index is 1520. The Labute approximate surface area is 269 Å². The van der Waals surface area contributed by atoms with Gasteiger partial charge in [0.15, 0.2) is 0 Å². The summed E-state index contributed by atoms with van der Waals surface area (Å²) in [6.45, 7) is 4.82. The van der Waals surface area contributed by atoms with Crippen molar-refractivity contribution < 1.29 is 35.9 Å². The van der Waals surface area contributed by atoms with Crippen LogP contribution in [0.4, 0.5) is 26.3 Å². The van der Waals surface area contributed by atoms with Gasteiger partial charge in [0.2, 0.25) is 0 Å². The van der Waals surface area contributed by atoms with Crippen LogP contribution < -0.4 is 0 Å². The van der Waals surface area contributed by atoms with Crippen molar-refractivity contribution in [1.82, 2.24) is 19.6 Å². The molecule has 3 aliphatic heterocycles. The highest BCUT2D eigenvalue weighted by molar-refractivity contribution is 5.95. The minimum atomic E-state index is -5.04. The lowest BCUT2D eigenvalue weighted by Gasteiger charge is -2.50. The molecule has 3 aromatic carbocycles. The lowest BCUT2D eigenvalue weighted by atomic mass is 9.90. The molecule has 0 bridgehead atoms. The number of hydrogen-bond donors (Lipinski definition) is 0. The molecule has 0 N–H and O–H groups in total. The van der Waals surface area contributed by atoms with E-state index >= 15 is 0 Å². The van der Waals surface area contributed by atoms with E-state index in [0.29, 0.717) is 56.1 Å². The monoisotopic (exact) mass is 658 g/mol. The summed E-state index contributed by atoms with van der Waals surface area (Å²) in [4.78, 5) is 34.5. The van der Waals surface area contributed by atoms with Crippen molar-refractivity contribution in [2.24, 2.45) is 0 Å². The van der Waals surface area contributed by atoms with Crippen LogP contribution in [0.2, 0.25) is 0 Å². The fourth-order valence-corrected chi connectivity index (χ4v) is 7.04. The average molecular weight is 659 g/mol. The molecule has 12 heteroatoms. The van der Waals surface area contributed by atoms with Crippen molar-refractivity contribution in [2.75, 3.05) is 45.8 Å². The molecule has 0 spiro atoms. The second kappa shape index (κ2) is 13.3. The summed E-state index contributed by atoms with van der Waals surface area (Å²) >= 11 is 0. The van der Waals surface area contributed by atoms with Crippen LogP contribution in [0.3, 0.4) is 0 Å².